The van der Waals surface area contributed by atoms with Crippen molar-refractivity contribution >= 4 is 28.6 Å². The van der Waals surface area contributed by atoms with E-state index in [0.717, 1.165) is 23.9 Å². The molecule has 26 heavy (non-hydrogen) atoms. The van der Waals surface area contributed by atoms with Crippen molar-refractivity contribution in [3.05, 3.63) is 41.5 Å². The van der Waals surface area contributed by atoms with Crippen molar-refractivity contribution in [1.29, 1.82) is 0 Å². The number of urea groups is 1. The molecular weight excluding hydrogens is 330 g/mol. The highest BCUT2D eigenvalue weighted by atomic mass is 16.6. The molecule has 1 aliphatic carbocycles. The van der Waals surface area contributed by atoms with Crippen molar-refractivity contribution in [1.82, 2.24) is 9.80 Å². The zero-order valence-electron chi connectivity index (χ0n) is 15.0. The van der Waals surface area contributed by atoms with Crippen LogP contribution < -0.4 is 5.32 Å². The fourth-order valence-corrected chi connectivity index (χ4v) is 3.86. The van der Waals surface area contributed by atoms with Crippen molar-refractivity contribution in [2.24, 2.45) is 0 Å². The lowest BCUT2D eigenvalue weighted by molar-refractivity contribution is 0.0869. The first-order valence-electron chi connectivity index (χ1n) is 9.18. The lowest BCUT2D eigenvalue weighted by Crippen LogP contribution is -2.51. The largest absolute Gasteiger partial charge is 0.450 e. The molecule has 1 aliphatic heterocycles. The van der Waals surface area contributed by atoms with E-state index in [1.807, 2.05) is 6.07 Å². The third-order valence-corrected chi connectivity index (χ3v) is 5.21. The quantitative estimate of drug-likeness (QED) is 0.901. The Bertz CT molecular complexity index is 846. The first-order chi connectivity index (χ1) is 12.7. The molecule has 136 valence electrons. The second-order valence-electron chi connectivity index (χ2n) is 6.72. The monoisotopic (exact) mass is 353 g/mol. The van der Waals surface area contributed by atoms with E-state index in [1.54, 1.807) is 16.7 Å². The van der Waals surface area contributed by atoms with Crippen LogP contribution in [-0.2, 0) is 17.6 Å². The second-order valence-corrected chi connectivity index (χ2v) is 6.72. The predicted molar refractivity (Wildman–Crippen MR) is 101 cm³/mol. The summed E-state index contributed by atoms with van der Waals surface area (Å²) in [4.78, 5) is 27.8. The molecule has 0 spiro atoms. The molecule has 0 saturated carbocycles. The number of amides is 3. The molecular formula is C20H23N3O3. The van der Waals surface area contributed by atoms with E-state index in [1.165, 1.54) is 16.5 Å². The van der Waals surface area contributed by atoms with E-state index in [-0.39, 0.29) is 12.1 Å². The molecule has 2 aromatic rings. The van der Waals surface area contributed by atoms with Gasteiger partial charge in [0.15, 0.2) is 0 Å². The van der Waals surface area contributed by atoms with Crippen LogP contribution in [0.5, 0.6) is 0 Å². The van der Waals surface area contributed by atoms with Gasteiger partial charge in [0.1, 0.15) is 0 Å². The number of nitrogens with one attached hydrogen (secondary N) is 1. The minimum atomic E-state index is -0.305. The molecule has 1 saturated heterocycles. The summed E-state index contributed by atoms with van der Waals surface area (Å²) in [7, 11) is 0. The van der Waals surface area contributed by atoms with Crippen LogP contribution in [0, 0.1) is 0 Å². The Hall–Kier alpha value is -2.76. The fourth-order valence-electron chi connectivity index (χ4n) is 3.86. The van der Waals surface area contributed by atoms with Crippen molar-refractivity contribution in [3.8, 4) is 0 Å². The summed E-state index contributed by atoms with van der Waals surface area (Å²) in [5, 5.41) is 5.46. The third-order valence-electron chi connectivity index (χ3n) is 5.21. The van der Waals surface area contributed by atoms with Gasteiger partial charge in [-0.2, -0.15) is 0 Å². The highest BCUT2D eigenvalue weighted by Crippen LogP contribution is 2.35. The molecule has 0 aromatic heterocycles. The van der Waals surface area contributed by atoms with Gasteiger partial charge in [0.25, 0.3) is 0 Å². The smallest absolute Gasteiger partial charge is 0.409 e. The Morgan fingerprint density at radius 1 is 1.00 bits per heavy atom. The first-order valence-corrected chi connectivity index (χ1v) is 9.18. The Labute approximate surface area is 152 Å². The molecule has 0 atom stereocenters. The topological polar surface area (TPSA) is 61.9 Å². The van der Waals surface area contributed by atoms with Crippen molar-refractivity contribution < 1.29 is 14.3 Å². The lowest BCUT2D eigenvalue weighted by Gasteiger charge is -2.34. The number of rotatable bonds is 2. The van der Waals surface area contributed by atoms with Crippen LogP contribution in [0.2, 0.25) is 0 Å². The molecule has 6 nitrogen and oxygen atoms in total. The maximum atomic E-state index is 12.7. The zero-order valence-corrected chi connectivity index (χ0v) is 15.0. The number of nitrogens with zero attached hydrogens (tertiary/aromatic N) is 2. The molecule has 1 fully saturated rings. The maximum absolute atomic E-state index is 12.7. The highest BCUT2D eigenvalue weighted by Gasteiger charge is 2.25. The average Bonchev–Trinajstić information content (AvgIpc) is 3.09. The average molecular weight is 353 g/mol. The molecule has 2 aliphatic rings. The lowest BCUT2D eigenvalue weighted by atomic mass is 10.0. The summed E-state index contributed by atoms with van der Waals surface area (Å²) in [6, 6.07) is 10.3. The van der Waals surface area contributed by atoms with Gasteiger partial charge in [-0.15, -0.1) is 0 Å². The number of carbonyl (C=O) groups excluding carboxylic acids is 2. The minimum Gasteiger partial charge on any atom is -0.450 e. The Balaban J connectivity index is 1.45. The number of anilines is 1. The van der Waals surface area contributed by atoms with E-state index in [0.29, 0.717) is 32.8 Å². The van der Waals surface area contributed by atoms with Gasteiger partial charge in [-0.3, -0.25) is 0 Å². The third kappa shape index (κ3) is 2.96. The Kier molecular flexibility index (Phi) is 4.41. The van der Waals surface area contributed by atoms with Crippen molar-refractivity contribution in [2.75, 3.05) is 38.1 Å². The molecule has 6 heteroatoms. The van der Waals surface area contributed by atoms with Gasteiger partial charge in [0.2, 0.25) is 0 Å². The van der Waals surface area contributed by atoms with Crippen LogP contribution in [0.15, 0.2) is 30.3 Å². The summed E-state index contributed by atoms with van der Waals surface area (Å²) in [5.41, 5.74) is 3.57. The van der Waals surface area contributed by atoms with Crippen LogP contribution in [0.4, 0.5) is 15.3 Å². The number of hydrogen-bond acceptors (Lipinski definition) is 3. The molecule has 4 rings (SSSR count). The minimum absolute atomic E-state index is 0.118. The molecule has 0 bridgehead atoms. The van der Waals surface area contributed by atoms with Gasteiger partial charge < -0.3 is 19.9 Å². The van der Waals surface area contributed by atoms with E-state index in [4.69, 9.17) is 4.74 Å². The molecule has 0 unspecified atom stereocenters. The summed E-state index contributed by atoms with van der Waals surface area (Å²) >= 11 is 0. The normalized spacial score (nSPS) is 16.0. The van der Waals surface area contributed by atoms with E-state index in [9.17, 15) is 9.59 Å². The summed E-state index contributed by atoms with van der Waals surface area (Å²) < 4.78 is 5.02. The number of benzene rings is 2. The van der Waals surface area contributed by atoms with Gasteiger partial charge in [-0.05, 0) is 42.3 Å². The summed E-state index contributed by atoms with van der Waals surface area (Å²) in [6.07, 6.45) is 1.83. The standard InChI is InChI=1S/C20H23N3O3/c1-2-26-20(25)23-12-10-22(11-13-23)19(24)21-17-9-8-15-7-6-14-4-3-5-16(17)18(14)15/h3-5,8-9H,2,6-7,10-13H2,1H3,(H,21,24). The number of carbonyl (C=O) groups is 2. The van der Waals surface area contributed by atoms with Crippen LogP contribution in [0.3, 0.4) is 0 Å². The Morgan fingerprint density at radius 2 is 1.69 bits per heavy atom. The zero-order chi connectivity index (χ0) is 18.1. The van der Waals surface area contributed by atoms with E-state index >= 15 is 0 Å². The maximum Gasteiger partial charge on any atom is 0.409 e. The van der Waals surface area contributed by atoms with E-state index in [2.05, 4.69) is 29.6 Å². The fraction of sp³-hybridized carbons (Fsp3) is 0.400. The van der Waals surface area contributed by atoms with Crippen LogP contribution >= 0.6 is 0 Å². The van der Waals surface area contributed by atoms with Gasteiger partial charge in [-0.1, -0.05) is 24.3 Å². The van der Waals surface area contributed by atoms with Crippen LogP contribution in [0.25, 0.3) is 10.8 Å². The first kappa shape index (κ1) is 16.7. The van der Waals surface area contributed by atoms with Crippen molar-refractivity contribution in [2.45, 2.75) is 19.8 Å². The van der Waals surface area contributed by atoms with Crippen LogP contribution in [0.1, 0.15) is 18.1 Å². The molecule has 0 radical (unpaired) electrons. The van der Waals surface area contributed by atoms with Gasteiger partial charge in [0.05, 0.1) is 12.3 Å². The number of hydrogen-bond donors (Lipinski definition) is 1. The Morgan fingerprint density at radius 3 is 2.42 bits per heavy atom. The molecule has 2 aromatic carbocycles. The highest BCUT2D eigenvalue weighted by molar-refractivity contribution is 6.04. The molecule has 1 N–H and O–H groups in total. The van der Waals surface area contributed by atoms with Crippen molar-refractivity contribution in [3.63, 3.8) is 0 Å². The molecule has 1 heterocycles. The SMILES string of the molecule is CCOC(=O)N1CCN(C(=O)Nc2ccc3c4c(cccc24)CC3)CC1. The number of piperazine rings is 1. The van der Waals surface area contributed by atoms with Crippen LogP contribution in [-0.4, -0.2) is 54.7 Å². The summed E-state index contributed by atoms with van der Waals surface area (Å²) in [6.45, 7) is 4.16. The number of aryl methyl sites for hydroxylation is 2. The van der Waals surface area contributed by atoms with Gasteiger partial charge in [-0.25, -0.2) is 9.59 Å². The van der Waals surface area contributed by atoms with Gasteiger partial charge >= 0.3 is 12.1 Å². The predicted octanol–water partition coefficient (Wildman–Crippen LogP) is 3.24. The number of ether oxygens (including phenoxy) is 1. The summed E-state index contributed by atoms with van der Waals surface area (Å²) in [5.74, 6) is 0. The van der Waals surface area contributed by atoms with E-state index < -0.39 is 0 Å². The second kappa shape index (κ2) is 6.86. The molecule has 3 amide bonds. The van der Waals surface area contributed by atoms with Gasteiger partial charge in [0, 0.05) is 31.6 Å².